The highest BCUT2D eigenvalue weighted by molar-refractivity contribution is 7.92. The molecule has 32 heavy (non-hydrogen) atoms. The molecule has 0 aliphatic rings. The van der Waals surface area contributed by atoms with Crippen LogP contribution in [0.4, 0.5) is 10.8 Å². The second-order valence-corrected chi connectivity index (χ2v) is 9.69. The average molecular weight is 465 g/mol. The molecule has 0 saturated carbocycles. The van der Waals surface area contributed by atoms with Gasteiger partial charge in [0.2, 0.25) is 0 Å². The van der Waals surface area contributed by atoms with Gasteiger partial charge in [-0.25, -0.2) is 13.4 Å². The smallest absolute Gasteiger partial charge is 0.262 e. The molecule has 162 valence electrons. The van der Waals surface area contributed by atoms with Crippen LogP contribution < -0.4 is 10.0 Å². The number of carbonyl (C=O) groups excluding carboxylic acids is 1. The van der Waals surface area contributed by atoms with Gasteiger partial charge in [0.05, 0.1) is 10.6 Å². The van der Waals surface area contributed by atoms with Crippen LogP contribution >= 0.6 is 11.3 Å². The number of carbonyl (C=O) groups is 1. The molecule has 2 aromatic heterocycles. The van der Waals surface area contributed by atoms with Gasteiger partial charge in [-0.05, 0) is 55.8 Å². The Labute approximate surface area is 190 Å². The Morgan fingerprint density at radius 3 is 2.53 bits per heavy atom. The van der Waals surface area contributed by atoms with Crippen LogP contribution in [0.15, 0.2) is 77.3 Å². The van der Waals surface area contributed by atoms with Crippen LogP contribution in [0, 0.1) is 13.8 Å². The summed E-state index contributed by atoms with van der Waals surface area (Å²) in [5, 5.41) is 4.97. The number of sulfonamides is 1. The van der Waals surface area contributed by atoms with Gasteiger partial charge >= 0.3 is 0 Å². The molecule has 2 N–H and O–H groups in total. The predicted molar refractivity (Wildman–Crippen MR) is 126 cm³/mol. The zero-order valence-electron chi connectivity index (χ0n) is 17.4. The number of hydrogen-bond donors (Lipinski definition) is 2. The Hall–Kier alpha value is -3.56. The van der Waals surface area contributed by atoms with Gasteiger partial charge in [-0.1, -0.05) is 23.8 Å². The molecule has 0 saturated heterocycles. The summed E-state index contributed by atoms with van der Waals surface area (Å²) >= 11 is 1.28. The van der Waals surface area contributed by atoms with E-state index in [1.54, 1.807) is 43.6 Å². The van der Waals surface area contributed by atoms with Gasteiger partial charge in [0.1, 0.15) is 0 Å². The summed E-state index contributed by atoms with van der Waals surface area (Å²) in [4.78, 5) is 21.3. The first-order chi connectivity index (χ1) is 15.3. The molecule has 0 aliphatic carbocycles. The van der Waals surface area contributed by atoms with E-state index >= 15 is 0 Å². The fourth-order valence-corrected chi connectivity index (χ4v) is 5.05. The molecule has 0 unspecified atom stereocenters. The summed E-state index contributed by atoms with van der Waals surface area (Å²) in [7, 11) is -3.87. The highest BCUT2D eigenvalue weighted by Crippen LogP contribution is 2.25. The van der Waals surface area contributed by atoms with Crippen LogP contribution in [-0.4, -0.2) is 24.3 Å². The van der Waals surface area contributed by atoms with Gasteiger partial charge in [-0.15, -0.1) is 11.3 Å². The van der Waals surface area contributed by atoms with Gasteiger partial charge in [-0.2, -0.15) is 0 Å². The van der Waals surface area contributed by atoms with Gasteiger partial charge in [0, 0.05) is 34.6 Å². The maximum absolute atomic E-state index is 12.9. The molecule has 1 amide bonds. The van der Waals surface area contributed by atoms with Crippen LogP contribution in [0.2, 0.25) is 0 Å². The van der Waals surface area contributed by atoms with E-state index < -0.39 is 15.9 Å². The largest absolute Gasteiger partial charge is 0.298 e. The lowest BCUT2D eigenvalue weighted by atomic mass is 10.1. The first kappa shape index (κ1) is 21.7. The summed E-state index contributed by atoms with van der Waals surface area (Å²) < 4.78 is 28.4. The maximum Gasteiger partial charge on any atom is 0.262 e. The Bertz CT molecular complexity index is 1370. The maximum atomic E-state index is 12.9. The second kappa shape index (κ2) is 8.89. The van der Waals surface area contributed by atoms with Crippen molar-refractivity contribution in [3.05, 3.63) is 89.1 Å². The molecular weight excluding hydrogens is 444 g/mol. The van der Waals surface area contributed by atoms with E-state index in [0.717, 1.165) is 11.1 Å². The number of hydrogen-bond acceptors (Lipinski definition) is 6. The third-order valence-corrected chi connectivity index (χ3v) is 7.01. The van der Waals surface area contributed by atoms with Crippen molar-refractivity contribution in [3.8, 4) is 11.3 Å². The topological polar surface area (TPSA) is 101 Å². The monoisotopic (exact) mass is 464 g/mol. The Balaban J connectivity index is 1.55. The summed E-state index contributed by atoms with van der Waals surface area (Å²) in [5.41, 5.74) is 3.78. The number of nitrogens with zero attached hydrogens (tertiary/aromatic N) is 2. The van der Waals surface area contributed by atoms with E-state index in [1.807, 2.05) is 36.6 Å². The number of nitrogens with one attached hydrogen (secondary N) is 2. The van der Waals surface area contributed by atoms with Crippen LogP contribution in [0.1, 0.15) is 21.5 Å². The lowest BCUT2D eigenvalue weighted by Gasteiger charge is -2.12. The minimum absolute atomic E-state index is 0.0425. The molecule has 0 fully saturated rings. The third-order valence-electron chi connectivity index (χ3n) is 4.73. The summed E-state index contributed by atoms with van der Waals surface area (Å²) in [6.45, 7) is 3.61. The Kier molecular flexibility index (Phi) is 6.02. The number of thiazole rings is 1. The fraction of sp³-hybridized carbons (Fsp3) is 0.0870. The van der Waals surface area contributed by atoms with Crippen molar-refractivity contribution >= 4 is 38.1 Å². The zero-order chi connectivity index (χ0) is 22.7. The van der Waals surface area contributed by atoms with E-state index in [4.69, 9.17) is 0 Å². The summed E-state index contributed by atoms with van der Waals surface area (Å²) in [6.07, 6.45) is 3.37. The van der Waals surface area contributed by atoms with Crippen LogP contribution in [-0.2, 0) is 10.0 Å². The number of pyridine rings is 1. The lowest BCUT2D eigenvalue weighted by Crippen LogP contribution is -2.17. The number of aromatic nitrogens is 2. The van der Waals surface area contributed by atoms with Crippen molar-refractivity contribution in [2.24, 2.45) is 0 Å². The van der Waals surface area contributed by atoms with E-state index in [1.165, 1.54) is 17.4 Å². The first-order valence-electron chi connectivity index (χ1n) is 9.69. The lowest BCUT2D eigenvalue weighted by molar-refractivity contribution is 0.102. The molecule has 2 aromatic carbocycles. The average Bonchev–Trinajstić information content (AvgIpc) is 3.24. The number of rotatable bonds is 6. The van der Waals surface area contributed by atoms with Crippen molar-refractivity contribution in [2.45, 2.75) is 18.7 Å². The Morgan fingerprint density at radius 2 is 1.81 bits per heavy atom. The van der Waals surface area contributed by atoms with E-state index in [0.29, 0.717) is 22.1 Å². The number of anilines is 2. The number of aryl methyl sites for hydroxylation is 2. The van der Waals surface area contributed by atoms with E-state index in [2.05, 4.69) is 20.0 Å². The summed E-state index contributed by atoms with van der Waals surface area (Å²) in [6, 6.07) is 15.3. The summed E-state index contributed by atoms with van der Waals surface area (Å²) in [5.74, 6) is -0.441. The minimum Gasteiger partial charge on any atom is -0.298 e. The fourth-order valence-electron chi connectivity index (χ4n) is 3.01. The van der Waals surface area contributed by atoms with Gasteiger partial charge < -0.3 is 0 Å². The molecule has 4 aromatic rings. The minimum atomic E-state index is -3.87. The van der Waals surface area contributed by atoms with Gasteiger partial charge in [0.25, 0.3) is 15.9 Å². The molecule has 7 nitrogen and oxygen atoms in total. The Morgan fingerprint density at radius 1 is 1.03 bits per heavy atom. The van der Waals surface area contributed by atoms with Crippen LogP contribution in [0.25, 0.3) is 11.3 Å². The second-order valence-electron chi connectivity index (χ2n) is 7.19. The van der Waals surface area contributed by atoms with Crippen molar-refractivity contribution in [2.75, 3.05) is 10.0 Å². The van der Waals surface area contributed by atoms with Crippen LogP contribution in [0.3, 0.4) is 0 Å². The normalized spacial score (nSPS) is 11.2. The van der Waals surface area contributed by atoms with E-state index in [-0.39, 0.29) is 10.5 Å². The highest BCUT2D eigenvalue weighted by Gasteiger charge is 2.20. The molecule has 0 bridgehead atoms. The van der Waals surface area contributed by atoms with Crippen molar-refractivity contribution in [1.29, 1.82) is 0 Å². The molecule has 0 aliphatic heterocycles. The first-order valence-corrected chi connectivity index (χ1v) is 12.1. The molecule has 0 atom stereocenters. The third kappa shape index (κ3) is 4.84. The molecule has 0 spiro atoms. The van der Waals surface area contributed by atoms with E-state index in [9.17, 15) is 13.2 Å². The zero-order valence-corrected chi connectivity index (χ0v) is 19.0. The molecule has 9 heteroatoms. The van der Waals surface area contributed by atoms with Gasteiger partial charge in [0.15, 0.2) is 5.13 Å². The molecule has 2 heterocycles. The van der Waals surface area contributed by atoms with Crippen molar-refractivity contribution in [3.63, 3.8) is 0 Å². The molecule has 4 rings (SSSR count). The quantitative estimate of drug-likeness (QED) is 0.424. The number of amides is 1. The van der Waals surface area contributed by atoms with Crippen molar-refractivity contribution in [1.82, 2.24) is 9.97 Å². The molecule has 0 radical (unpaired) electrons. The molecular formula is C23H20N4O3S2. The standard InChI is InChI=1S/C23H20N4O3S2/c1-15-5-9-19(10-6-15)27-32(29,30)21-12-17(8-7-16(21)2)22(28)26-23-25-20(14-31-23)18-4-3-11-24-13-18/h3-14,27H,1-2H3,(H,25,26,28). The van der Waals surface area contributed by atoms with Crippen molar-refractivity contribution < 1.29 is 13.2 Å². The predicted octanol–water partition coefficient (Wildman–Crippen LogP) is 4.88. The SMILES string of the molecule is Cc1ccc(NS(=O)(=O)c2cc(C(=O)Nc3nc(-c4cccnc4)cs3)ccc2C)cc1. The number of benzene rings is 2. The van der Waals surface area contributed by atoms with Gasteiger partial charge in [-0.3, -0.25) is 19.8 Å². The van der Waals surface area contributed by atoms with Crippen LogP contribution in [0.5, 0.6) is 0 Å². The highest BCUT2D eigenvalue weighted by atomic mass is 32.2.